The summed E-state index contributed by atoms with van der Waals surface area (Å²) in [4.78, 5) is 13.7. The Hall–Kier alpha value is -2.83. The van der Waals surface area contributed by atoms with Crippen LogP contribution < -0.4 is 14.8 Å². The number of hydrogen-bond acceptors (Lipinski definition) is 6. The first kappa shape index (κ1) is 14.6. The van der Waals surface area contributed by atoms with Gasteiger partial charge in [0.2, 0.25) is 0 Å². The van der Waals surface area contributed by atoms with Crippen LogP contribution in [0.1, 0.15) is 5.56 Å². The van der Waals surface area contributed by atoms with Crippen molar-refractivity contribution in [2.45, 2.75) is 6.54 Å². The quantitative estimate of drug-likeness (QED) is 0.649. The third kappa shape index (κ3) is 3.59. The van der Waals surface area contributed by atoms with Gasteiger partial charge < -0.3 is 24.9 Å². The van der Waals surface area contributed by atoms with Crippen LogP contribution in [0, 0.1) is 10.1 Å². The van der Waals surface area contributed by atoms with Gasteiger partial charge >= 0.3 is 5.82 Å². The Labute approximate surface area is 121 Å². The van der Waals surface area contributed by atoms with E-state index in [0.29, 0.717) is 23.7 Å². The van der Waals surface area contributed by atoms with Crippen molar-refractivity contribution in [3.8, 4) is 11.5 Å². The Morgan fingerprint density at radius 2 is 2.05 bits per heavy atom. The third-order valence-corrected chi connectivity index (χ3v) is 2.91. The summed E-state index contributed by atoms with van der Waals surface area (Å²) in [7, 11) is 3.18. The van der Waals surface area contributed by atoms with Crippen LogP contribution in [0.4, 0.5) is 11.5 Å². The van der Waals surface area contributed by atoms with Crippen LogP contribution in [-0.2, 0) is 6.54 Å². The predicted octanol–water partition coefficient (Wildman–Crippen LogP) is 2.62. The van der Waals surface area contributed by atoms with Crippen LogP contribution in [0.15, 0.2) is 36.5 Å². The molecule has 21 heavy (non-hydrogen) atoms. The minimum absolute atomic E-state index is 0.178. The summed E-state index contributed by atoms with van der Waals surface area (Å²) >= 11 is 0. The van der Waals surface area contributed by atoms with E-state index in [9.17, 15) is 10.1 Å². The molecule has 0 bridgehead atoms. The van der Waals surface area contributed by atoms with E-state index in [0.717, 1.165) is 5.56 Å². The number of pyridine rings is 1. The molecule has 110 valence electrons. The third-order valence-electron chi connectivity index (χ3n) is 2.91. The highest BCUT2D eigenvalue weighted by molar-refractivity contribution is 5.47. The van der Waals surface area contributed by atoms with Gasteiger partial charge in [0.25, 0.3) is 0 Å². The summed E-state index contributed by atoms with van der Waals surface area (Å²) < 4.78 is 10.4. The van der Waals surface area contributed by atoms with E-state index in [1.54, 1.807) is 26.4 Å². The van der Waals surface area contributed by atoms with Gasteiger partial charge in [0.05, 0.1) is 19.9 Å². The molecule has 0 spiro atoms. The maximum Gasteiger partial charge on any atom is 0.363 e. The summed E-state index contributed by atoms with van der Waals surface area (Å²) in [6.07, 6.45) is 1.42. The van der Waals surface area contributed by atoms with Crippen LogP contribution in [0.5, 0.6) is 11.5 Å². The van der Waals surface area contributed by atoms with Gasteiger partial charge in [-0.3, -0.25) is 0 Å². The summed E-state index contributed by atoms with van der Waals surface area (Å²) in [5, 5.41) is 13.7. The molecular weight excluding hydrogens is 274 g/mol. The molecule has 1 N–H and O–H groups in total. The van der Waals surface area contributed by atoms with E-state index >= 15 is 0 Å². The van der Waals surface area contributed by atoms with Crippen LogP contribution in [-0.4, -0.2) is 24.1 Å². The first-order chi connectivity index (χ1) is 10.1. The fraction of sp³-hybridized carbons (Fsp3) is 0.214. The molecule has 2 aromatic rings. The van der Waals surface area contributed by atoms with Crippen molar-refractivity contribution in [1.29, 1.82) is 0 Å². The van der Waals surface area contributed by atoms with Gasteiger partial charge in [-0.1, -0.05) is 0 Å². The minimum Gasteiger partial charge on any atom is -0.497 e. The largest absolute Gasteiger partial charge is 0.497 e. The Bertz CT molecular complexity index is 629. The molecule has 0 fully saturated rings. The lowest BCUT2D eigenvalue weighted by Crippen LogP contribution is -2.02. The second kappa shape index (κ2) is 6.56. The topological polar surface area (TPSA) is 86.5 Å². The van der Waals surface area contributed by atoms with Gasteiger partial charge in [-0.15, -0.1) is 0 Å². The number of nitrogens with zero attached hydrogens (tertiary/aromatic N) is 2. The normalized spacial score (nSPS) is 10.0. The zero-order valence-corrected chi connectivity index (χ0v) is 11.7. The summed E-state index contributed by atoms with van der Waals surface area (Å²) in [5.41, 5.74) is 1.63. The molecule has 0 aliphatic heterocycles. The highest BCUT2D eigenvalue weighted by Gasteiger charge is 2.08. The number of hydrogen-bond donors (Lipinski definition) is 1. The summed E-state index contributed by atoms with van der Waals surface area (Å²) in [6.45, 7) is 0.507. The maximum absolute atomic E-state index is 10.5. The van der Waals surface area contributed by atoms with Crippen molar-refractivity contribution in [1.82, 2.24) is 4.98 Å². The summed E-state index contributed by atoms with van der Waals surface area (Å²) in [6, 6.07) is 8.50. The molecule has 0 saturated heterocycles. The molecule has 1 aromatic carbocycles. The number of nitrogens with one attached hydrogen (secondary N) is 1. The van der Waals surface area contributed by atoms with Crippen LogP contribution in [0.3, 0.4) is 0 Å². The van der Waals surface area contributed by atoms with Gasteiger partial charge in [-0.05, 0) is 28.1 Å². The van der Waals surface area contributed by atoms with Crippen molar-refractivity contribution >= 4 is 11.5 Å². The Morgan fingerprint density at radius 3 is 2.62 bits per heavy atom. The van der Waals surface area contributed by atoms with E-state index < -0.39 is 4.92 Å². The van der Waals surface area contributed by atoms with Gasteiger partial charge in [-0.2, -0.15) is 0 Å². The highest BCUT2D eigenvalue weighted by atomic mass is 16.6. The molecule has 0 aliphatic carbocycles. The van der Waals surface area contributed by atoms with E-state index in [2.05, 4.69) is 10.3 Å². The smallest absolute Gasteiger partial charge is 0.363 e. The standard InChI is InChI=1S/C14H15N3O4/c1-20-12-5-3-10(13(7-12)21-2)8-15-11-4-6-14(16-9-11)17(18)19/h3-7,9,15H,8H2,1-2H3. The monoisotopic (exact) mass is 289 g/mol. The number of methoxy groups -OCH3 is 2. The van der Waals surface area contributed by atoms with Crippen molar-refractivity contribution in [2.24, 2.45) is 0 Å². The first-order valence-electron chi connectivity index (χ1n) is 6.19. The van der Waals surface area contributed by atoms with Gasteiger partial charge in [-0.25, -0.2) is 0 Å². The van der Waals surface area contributed by atoms with E-state index in [4.69, 9.17) is 9.47 Å². The average molecular weight is 289 g/mol. The number of benzene rings is 1. The number of anilines is 1. The lowest BCUT2D eigenvalue weighted by molar-refractivity contribution is -0.389. The molecule has 2 rings (SSSR count). The van der Waals surface area contributed by atoms with Gasteiger partial charge in [0.1, 0.15) is 11.5 Å². The first-order valence-corrected chi connectivity index (χ1v) is 6.19. The fourth-order valence-corrected chi connectivity index (χ4v) is 1.79. The number of aromatic nitrogens is 1. The molecular formula is C14H15N3O4. The maximum atomic E-state index is 10.5. The lowest BCUT2D eigenvalue weighted by atomic mass is 10.2. The highest BCUT2D eigenvalue weighted by Crippen LogP contribution is 2.25. The zero-order valence-electron chi connectivity index (χ0n) is 11.7. The Morgan fingerprint density at radius 1 is 1.24 bits per heavy atom. The molecule has 0 unspecified atom stereocenters. The second-order valence-electron chi connectivity index (χ2n) is 4.19. The molecule has 0 aliphatic rings. The average Bonchev–Trinajstić information content (AvgIpc) is 2.53. The SMILES string of the molecule is COc1ccc(CNc2ccc([N+](=O)[O-])nc2)c(OC)c1. The van der Waals surface area contributed by atoms with E-state index in [1.165, 1.54) is 12.3 Å². The van der Waals surface area contributed by atoms with Gasteiger partial charge in [0, 0.05) is 24.2 Å². The lowest BCUT2D eigenvalue weighted by Gasteiger charge is -2.11. The van der Waals surface area contributed by atoms with Crippen LogP contribution in [0.25, 0.3) is 0 Å². The zero-order chi connectivity index (χ0) is 15.2. The molecule has 7 heteroatoms. The molecule has 1 heterocycles. The predicted molar refractivity (Wildman–Crippen MR) is 77.8 cm³/mol. The van der Waals surface area contributed by atoms with E-state index in [-0.39, 0.29) is 5.82 Å². The number of ether oxygens (including phenoxy) is 2. The Balaban J connectivity index is 2.07. The molecule has 0 saturated carbocycles. The Kier molecular flexibility index (Phi) is 4.55. The van der Waals surface area contributed by atoms with E-state index in [1.807, 2.05) is 12.1 Å². The molecule has 7 nitrogen and oxygen atoms in total. The molecule has 1 aromatic heterocycles. The van der Waals surface area contributed by atoms with Crippen molar-refractivity contribution < 1.29 is 14.4 Å². The number of nitro groups is 1. The van der Waals surface area contributed by atoms with Crippen molar-refractivity contribution in [3.05, 3.63) is 52.2 Å². The van der Waals surface area contributed by atoms with Crippen molar-refractivity contribution in [2.75, 3.05) is 19.5 Å². The van der Waals surface area contributed by atoms with Crippen LogP contribution in [0.2, 0.25) is 0 Å². The van der Waals surface area contributed by atoms with Crippen LogP contribution >= 0.6 is 0 Å². The number of rotatable bonds is 6. The fourth-order valence-electron chi connectivity index (χ4n) is 1.79. The van der Waals surface area contributed by atoms with Gasteiger partial charge in [0.15, 0.2) is 6.20 Å². The molecule has 0 radical (unpaired) electrons. The van der Waals surface area contributed by atoms with Crippen molar-refractivity contribution in [3.63, 3.8) is 0 Å². The summed E-state index contributed by atoms with van der Waals surface area (Å²) in [5.74, 6) is 1.24. The molecule has 0 amide bonds. The molecule has 0 atom stereocenters. The second-order valence-corrected chi connectivity index (χ2v) is 4.19. The minimum atomic E-state index is -0.531.